The van der Waals surface area contributed by atoms with Crippen LogP contribution >= 0.6 is 0 Å². The molecule has 0 bridgehead atoms. The molecule has 1 N–H and O–H groups in total. The molecule has 1 saturated heterocycles. The minimum Gasteiger partial charge on any atom is -0.368 e. The fourth-order valence-electron chi connectivity index (χ4n) is 3.42. The SMILES string of the molecule is Cc1nnc(NCCC2CCCN2C)c2cn(C)c(C)c12. The first-order valence-corrected chi connectivity index (χ1v) is 7.81. The fraction of sp³-hybridized carbons (Fsp3) is 0.625. The molecule has 0 amide bonds. The summed E-state index contributed by atoms with van der Waals surface area (Å²) in [5, 5.41) is 14.6. The zero-order chi connectivity index (χ0) is 15.0. The van der Waals surface area contributed by atoms with Crippen LogP contribution < -0.4 is 5.32 Å². The molecular weight excluding hydrogens is 262 g/mol. The van der Waals surface area contributed by atoms with E-state index in [4.69, 9.17) is 0 Å². The number of aryl methyl sites for hydroxylation is 3. The van der Waals surface area contributed by atoms with E-state index >= 15 is 0 Å². The number of hydrogen-bond acceptors (Lipinski definition) is 4. The van der Waals surface area contributed by atoms with Crippen LogP contribution in [0.1, 0.15) is 30.7 Å². The fourth-order valence-corrected chi connectivity index (χ4v) is 3.42. The molecule has 3 heterocycles. The number of fused-ring (bicyclic) bond motifs is 1. The van der Waals surface area contributed by atoms with Crippen LogP contribution in [0.25, 0.3) is 10.8 Å². The van der Waals surface area contributed by atoms with Gasteiger partial charge in [-0.25, -0.2) is 0 Å². The molecule has 3 rings (SSSR count). The first-order valence-electron chi connectivity index (χ1n) is 7.81. The molecule has 5 nitrogen and oxygen atoms in total. The highest BCUT2D eigenvalue weighted by Crippen LogP contribution is 2.27. The summed E-state index contributed by atoms with van der Waals surface area (Å²) in [6.45, 7) is 6.35. The Bertz CT molecular complexity index is 646. The van der Waals surface area contributed by atoms with E-state index in [1.807, 2.05) is 6.92 Å². The Morgan fingerprint density at radius 2 is 2.10 bits per heavy atom. The Balaban J connectivity index is 1.75. The number of rotatable bonds is 4. The lowest BCUT2D eigenvalue weighted by Crippen LogP contribution is -2.27. The van der Waals surface area contributed by atoms with E-state index in [0.717, 1.165) is 18.1 Å². The van der Waals surface area contributed by atoms with Crippen molar-refractivity contribution < 1.29 is 0 Å². The summed E-state index contributed by atoms with van der Waals surface area (Å²) in [7, 11) is 4.30. The molecule has 2 aromatic heterocycles. The van der Waals surface area contributed by atoms with E-state index in [0.29, 0.717) is 6.04 Å². The lowest BCUT2D eigenvalue weighted by molar-refractivity contribution is 0.301. The van der Waals surface area contributed by atoms with Crippen LogP contribution in [0.15, 0.2) is 6.20 Å². The first kappa shape index (κ1) is 14.3. The van der Waals surface area contributed by atoms with Crippen molar-refractivity contribution in [3.8, 4) is 0 Å². The predicted molar refractivity (Wildman–Crippen MR) is 86.7 cm³/mol. The standard InChI is InChI=1S/C16H25N5/c1-11-15-12(2)21(4)10-14(15)16(19-18-11)17-8-7-13-6-5-9-20(13)3/h10,13H,5-9H2,1-4H3,(H,17,19). The van der Waals surface area contributed by atoms with Gasteiger partial charge in [-0.2, -0.15) is 5.10 Å². The highest BCUT2D eigenvalue weighted by Gasteiger charge is 2.20. The molecule has 0 spiro atoms. The third-order valence-corrected chi connectivity index (χ3v) is 4.84. The van der Waals surface area contributed by atoms with Gasteiger partial charge in [0.2, 0.25) is 0 Å². The smallest absolute Gasteiger partial charge is 0.158 e. The zero-order valence-electron chi connectivity index (χ0n) is 13.5. The lowest BCUT2D eigenvalue weighted by Gasteiger charge is -2.19. The maximum atomic E-state index is 4.36. The van der Waals surface area contributed by atoms with Gasteiger partial charge in [0.25, 0.3) is 0 Å². The topological polar surface area (TPSA) is 46.0 Å². The van der Waals surface area contributed by atoms with Gasteiger partial charge in [-0.1, -0.05) is 0 Å². The molecule has 1 aliphatic heterocycles. The van der Waals surface area contributed by atoms with Crippen LogP contribution in [0.2, 0.25) is 0 Å². The van der Waals surface area contributed by atoms with Gasteiger partial charge in [-0.05, 0) is 46.7 Å². The van der Waals surface area contributed by atoms with Crippen LogP contribution in [0.5, 0.6) is 0 Å². The monoisotopic (exact) mass is 287 g/mol. The largest absolute Gasteiger partial charge is 0.368 e. The summed E-state index contributed by atoms with van der Waals surface area (Å²) in [5.74, 6) is 0.917. The van der Waals surface area contributed by atoms with E-state index in [1.165, 1.54) is 42.3 Å². The quantitative estimate of drug-likeness (QED) is 0.938. The number of likely N-dealkylation sites (tertiary alicyclic amines) is 1. The van der Waals surface area contributed by atoms with Gasteiger partial charge in [0.15, 0.2) is 5.82 Å². The minimum absolute atomic E-state index is 0.712. The average molecular weight is 287 g/mol. The van der Waals surface area contributed by atoms with Gasteiger partial charge in [-0.15, -0.1) is 5.10 Å². The predicted octanol–water partition coefficient (Wildman–Crippen LogP) is 2.48. The molecule has 0 aromatic carbocycles. The molecule has 21 heavy (non-hydrogen) atoms. The summed E-state index contributed by atoms with van der Waals surface area (Å²) in [6.07, 6.45) is 5.96. The second kappa shape index (κ2) is 5.64. The second-order valence-electron chi connectivity index (χ2n) is 6.24. The van der Waals surface area contributed by atoms with Crippen LogP contribution in [-0.2, 0) is 7.05 Å². The summed E-state index contributed by atoms with van der Waals surface area (Å²) in [4.78, 5) is 2.46. The van der Waals surface area contributed by atoms with Gasteiger partial charge in [0, 0.05) is 42.3 Å². The van der Waals surface area contributed by atoms with Crippen molar-refractivity contribution in [3.05, 3.63) is 17.6 Å². The molecule has 0 radical (unpaired) electrons. The zero-order valence-corrected chi connectivity index (χ0v) is 13.5. The van der Waals surface area contributed by atoms with Crippen LogP contribution in [-0.4, -0.2) is 45.8 Å². The molecule has 0 aliphatic carbocycles. The van der Waals surface area contributed by atoms with E-state index < -0.39 is 0 Å². The van der Waals surface area contributed by atoms with Gasteiger partial charge in [-0.3, -0.25) is 0 Å². The highest BCUT2D eigenvalue weighted by molar-refractivity contribution is 5.95. The third-order valence-electron chi connectivity index (χ3n) is 4.84. The number of nitrogens with zero attached hydrogens (tertiary/aromatic N) is 4. The normalized spacial score (nSPS) is 19.5. The van der Waals surface area contributed by atoms with Gasteiger partial charge >= 0.3 is 0 Å². The van der Waals surface area contributed by atoms with Crippen molar-refractivity contribution in [3.63, 3.8) is 0 Å². The Labute approximate surface area is 126 Å². The van der Waals surface area contributed by atoms with Crippen molar-refractivity contribution in [2.45, 2.75) is 39.2 Å². The van der Waals surface area contributed by atoms with Gasteiger partial charge < -0.3 is 14.8 Å². The van der Waals surface area contributed by atoms with Gasteiger partial charge in [0.1, 0.15) is 0 Å². The molecular formula is C16H25N5. The lowest BCUT2D eigenvalue weighted by atomic mass is 10.1. The molecule has 0 saturated carbocycles. The molecule has 5 heteroatoms. The van der Waals surface area contributed by atoms with E-state index in [2.05, 4.69) is 52.2 Å². The minimum atomic E-state index is 0.712. The van der Waals surface area contributed by atoms with Crippen molar-refractivity contribution in [1.29, 1.82) is 0 Å². The molecule has 114 valence electrons. The molecule has 1 atom stereocenters. The summed E-state index contributed by atoms with van der Waals surface area (Å²) in [6, 6.07) is 0.712. The third kappa shape index (κ3) is 2.62. The maximum absolute atomic E-state index is 4.36. The number of aromatic nitrogens is 3. The molecule has 1 unspecified atom stereocenters. The summed E-state index contributed by atoms with van der Waals surface area (Å²) in [5.41, 5.74) is 2.25. The summed E-state index contributed by atoms with van der Waals surface area (Å²) >= 11 is 0. The van der Waals surface area contributed by atoms with E-state index in [-0.39, 0.29) is 0 Å². The Kier molecular flexibility index (Phi) is 3.85. The molecule has 2 aromatic rings. The van der Waals surface area contributed by atoms with Crippen LogP contribution in [0.4, 0.5) is 5.82 Å². The number of nitrogens with one attached hydrogen (secondary N) is 1. The van der Waals surface area contributed by atoms with Crippen LogP contribution in [0, 0.1) is 13.8 Å². The van der Waals surface area contributed by atoms with E-state index in [1.54, 1.807) is 0 Å². The Morgan fingerprint density at radius 3 is 2.81 bits per heavy atom. The summed E-state index contributed by atoms with van der Waals surface area (Å²) < 4.78 is 2.15. The maximum Gasteiger partial charge on any atom is 0.158 e. The van der Waals surface area contributed by atoms with Crippen molar-refractivity contribution >= 4 is 16.6 Å². The van der Waals surface area contributed by atoms with E-state index in [9.17, 15) is 0 Å². The number of anilines is 1. The Morgan fingerprint density at radius 1 is 1.29 bits per heavy atom. The first-order chi connectivity index (χ1) is 10.1. The van der Waals surface area contributed by atoms with Crippen LogP contribution in [0.3, 0.4) is 0 Å². The number of hydrogen-bond donors (Lipinski definition) is 1. The van der Waals surface area contributed by atoms with Crippen molar-refractivity contribution in [1.82, 2.24) is 19.7 Å². The molecule has 1 aliphatic rings. The second-order valence-corrected chi connectivity index (χ2v) is 6.24. The van der Waals surface area contributed by atoms with Crippen molar-refractivity contribution in [2.75, 3.05) is 25.5 Å². The van der Waals surface area contributed by atoms with Crippen molar-refractivity contribution in [2.24, 2.45) is 7.05 Å². The highest BCUT2D eigenvalue weighted by atomic mass is 15.2. The van der Waals surface area contributed by atoms with Gasteiger partial charge in [0.05, 0.1) is 5.69 Å². The molecule has 1 fully saturated rings. The average Bonchev–Trinajstić information content (AvgIpc) is 2.98. The Hall–Kier alpha value is -1.62.